The molecule has 0 radical (unpaired) electrons. The standard InChI is InChI=1S/C18H29NO/c1-6-19-16(11-13(2)18(3,4)5)14-7-8-17-15(12-14)9-10-20-17/h7-8,12-13,16,19H,6,9-11H2,1-5H3. The zero-order chi connectivity index (χ0) is 14.8. The minimum absolute atomic E-state index is 0.355. The molecule has 0 aromatic heterocycles. The van der Waals surface area contributed by atoms with Crippen LogP contribution in [0.15, 0.2) is 18.2 Å². The summed E-state index contributed by atoms with van der Waals surface area (Å²) in [5.74, 6) is 1.75. The van der Waals surface area contributed by atoms with Crippen LogP contribution in [0.4, 0.5) is 0 Å². The summed E-state index contributed by atoms with van der Waals surface area (Å²) in [6, 6.07) is 7.15. The van der Waals surface area contributed by atoms with Gasteiger partial charge in [-0.05, 0) is 41.5 Å². The lowest BCUT2D eigenvalue weighted by Gasteiger charge is -2.31. The lowest BCUT2D eigenvalue weighted by Crippen LogP contribution is -2.27. The molecule has 2 rings (SSSR count). The summed E-state index contributed by atoms with van der Waals surface area (Å²) in [6.07, 6.45) is 2.23. The van der Waals surface area contributed by atoms with E-state index in [1.807, 2.05) is 0 Å². The molecule has 112 valence electrons. The molecule has 1 aliphatic rings. The van der Waals surface area contributed by atoms with Gasteiger partial charge in [0.2, 0.25) is 0 Å². The van der Waals surface area contributed by atoms with E-state index in [1.165, 1.54) is 17.5 Å². The van der Waals surface area contributed by atoms with Crippen molar-refractivity contribution in [2.45, 2.75) is 53.5 Å². The van der Waals surface area contributed by atoms with E-state index in [-0.39, 0.29) is 0 Å². The molecule has 2 heteroatoms. The number of fused-ring (bicyclic) bond motifs is 1. The predicted molar refractivity (Wildman–Crippen MR) is 85.3 cm³/mol. The van der Waals surface area contributed by atoms with Gasteiger partial charge < -0.3 is 10.1 Å². The van der Waals surface area contributed by atoms with Crippen LogP contribution in [0.1, 0.15) is 58.2 Å². The first-order valence-corrected chi connectivity index (χ1v) is 7.90. The van der Waals surface area contributed by atoms with Crippen molar-refractivity contribution in [2.75, 3.05) is 13.2 Å². The smallest absolute Gasteiger partial charge is 0.122 e. The molecule has 0 aliphatic carbocycles. The van der Waals surface area contributed by atoms with Gasteiger partial charge in [0.25, 0.3) is 0 Å². The van der Waals surface area contributed by atoms with Crippen LogP contribution in [0.3, 0.4) is 0 Å². The Labute approximate surface area is 123 Å². The molecule has 0 spiro atoms. The quantitative estimate of drug-likeness (QED) is 0.863. The van der Waals surface area contributed by atoms with Gasteiger partial charge in [0, 0.05) is 12.5 Å². The molecule has 2 unspecified atom stereocenters. The van der Waals surface area contributed by atoms with Crippen molar-refractivity contribution in [1.29, 1.82) is 0 Å². The Balaban J connectivity index is 2.16. The van der Waals surface area contributed by atoms with Crippen molar-refractivity contribution in [3.05, 3.63) is 29.3 Å². The maximum Gasteiger partial charge on any atom is 0.122 e. The molecule has 0 saturated carbocycles. The molecule has 0 bridgehead atoms. The Kier molecular flexibility index (Phi) is 4.74. The van der Waals surface area contributed by atoms with Crippen molar-refractivity contribution < 1.29 is 4.74 Å². The summed E-state index contributed by atoms with van der Waals surface area (Å²) in [5, 5.41) is 3.65. The van der Waals surface area contributed by atoms with Crippen LogP contribution < -0.4 is 10.1 Å². The Bertz CT molecular complexity index is 447. The van der Waals surface area contributed by atoms with E-state index in [0.717, 1.165) is 25.3 Å². The van der Waals surface area contributed by atoms with Crippen molar-refractivity contribution in [1.82, 2.24) is 5.32 Å². The average molecular weight is 275 g/mol. The lowest BCUT2D eigenvalue weighted by atomic mass is 9.77. The summed E-state index contributed by atoms with van der Waals surface area (Å²) in [7, 11) is 0. The van der Waals surface area contributed by atoms with E-state index < -0.39 is 0 Å². The van der Waals surface area contributed by atoms with E-state index in [2.05, 4.69) is 58.1 Å². The summed E-state index contributed by atoms with van der Waals surface area (Å²) >= 11 is 0. The molecule has 1 aromatic rings. The maximum absolute atomic E-state index is 5.61. The van der Waals surface area contributed by atoms with E-state index in [4.69, 9.17) is 4.74 Å². The zero-order valence-corrected chi connectivity index (χ0v) is 13.6. The summed E-state index contributed by atoms with van der Waals surface area (Å²) in [6.45, 7) is 13.4. The van der Waals surface area contributed by atoms with Crippen LogP contribution >= 0.6 is 0 Å². The Morgan fingerprint density at radius 2 is 2.05 bits per heavy atom. The number of rotatable bonds is 5. The molecule has 1 aliphatic heterocycles. The molecule has 0 fully saturated rings. The molecule has 1 heterocycles. The van der Waals surface area contributed by atoms with Crippen LogP contribution in [0.5, 0.6) is 5.75 Å². The van der Waals surface area contributed by atoms with Crippen molar-refractivity contribution in [3.63, 3.8) is 0 Å². The second kappa shape index (κ2) is 6.17. The average Bonchev–Trinajstić information content (AvgIpc) is 2.84. The van der Waals surface area contributed by atoms with Gasteiger partial charge in [0.1, 0.15) is 5.75 Å². The Hall–Kier alpha value is -1.02. The fourth-order valence-corrected chi connectivity index (χ4v) is 2.71. The van der Waals surface area contributed by atoms with Gasteiger partial charge in [-0.2, -0.15) is 0 Å². The monoisotopic (exact) mass is 275 g/mol. The highest BCUT2D eigenvalue weighted by atomic mass is 16.5. The molecule has 2 atom stereocenters. The highest BCUT2D eigenvalue weighted by molar-refractivity contribution is 5.40. The largest absolute Gasteiger partial charge is 0.493 e. The van der Waals surface area contributed by atoms with Gasteiger partial charge in [-0.25, -0.2) is 0 Å². The number of ether oxygens (including phenoxy) is 1. The maximum atomic E-state index is 5.61. The third kappa shape index (κ3) is 3.54. The first-order chi connectivity index (χ1) is 9.41. The Morgan fingerprint density at radius 3 is 2.70 bits per heavy atom. The van der Waals surface area contributed by atoms with Crippen molar-refractivity contribution in [3.8, 4) is 5.75 Å². The molecule has 0 amide bonds. The fourth-order valence-electron chi connectivity index (χ4n) is 2.71. The number of nitrogens with one attached hydrogen (secondary N) is 1. The van der Waals surface area contributed by atoms with Gasteiger partial charge in [0.05, 0.1) is 6.61 Å². The van der Waals surface area contributed by atoms with Gasteiger partial charge >= 0.3 is 0 Å². The van der Waals surface area contributed by atoms with E-state index in [1.54, 1.807) is 0 Å². The van der Waals surface area contributed by atoms with E-state index >= 15 is 0 Å². The third-order valence-electron chi connectivity index (χ3n) is 4.63. The van der Waals surface area contributed by atoms with Crippen LogP contribution in [0.25, 0.3) is 0 Å². The lowest BCUT2D eigenvalue weighted by molar-refractivity contribution is 0.224. The second-order valence-corrected chi connectivity index (χ2v) is 7.08. The third-order valence-corrected chi connectivity index (χ3v) is 4.63. The van der Waals surface area contributed by atoms with Gasteiger partial charge in [-0.3, -0.25) is 0 Å². The van der Waals surface area contributed by atoms with E-state index in [9.17, 15) is 0 Å². The van der Waals surface area contributed by atoms with Crippen molar-refractivity contribution in [2.24, 2.45) is 11.3 Å². The van der Waals surface area contributed by atoms with Crippen molar-refractivity contribution >= 4 is 0 Å². The number of hydrogen-bond donors (Lipinski definition) is 1. The fraction of sp³-hybridized carbons (Fsp3) is 0.667. The zero-order valence-electron chi connectivity index (χ0n) is 13.6. The van der Waals surface area contributed by atoms with Gasteiger partial charge in [-0.15, -0.1) is 0 Å². The molecule has 0 saturated heterocycles. The topological polar surface area (TPSA) is 21.3 Å². The van der Waals surface area contributed by atoms with Crippen LogP contribution in [0, 0.1) is 11.3 Å². The molecule has 1 aromatic carbocycles. The number of benzene rings is 1. The second-order valence-electron chi connectivity index (χ2n) is 7.08. The molecule has 1 N–H and O–H groups in total. The normalized spacial score (nSPS) is 17.4. The van der Waals surface area contributed by atoms with Crippen LogP contribution in [-0.2, 0) is 6.42 Å². The minimum Gasteiger partial charge on any atom is -0.493 e. The van der Waals surface area contributed by atoms with Crippen LogP contribution in [-0.4, -0.2) is 13.2 Å². The summed E-state index contributed by atoms with van der Waals surface area (Å²) < 4.78 is 5.61. The first-order valence-electron chi connectivity index (χ1n) is 7.90. The minimum atomic E-state index is 0.355. The van der Waals surface area contributed by atoms with Gasteiger partial charge in [-0.1, -0.05) is 46.8 Å². The SMILES string of the molecule is CCNC(CC(C)C(C)(C)C)c1ccc2c(c1)CCO2. The molecular formula is C18H29NO. The Morgan fingerprint density at radius 1 is 1.30 bits per heavy atom. The van der Waals surface area contributed by atoms with E-state index in [0.29, 0.717) is 17.4 Å². The highest BCUT2D eigenvalue weighted by Crippen LogP contribution is 2.35. The molecule has 2 nitrogen and oxygen atoms in total. The highest BCUT2D eigenvalue weighted by Gasteiger charge is 2.25. The number of hydrogen-bond acceptors (Lipinski definition) is 2. The summed E-state index contributed by atoms with van der Waals surface area (Å²) in [4.78, 5) is 0. The first kappa shape index (κ1) is 15.4. The van der Waals surface area contributed by atoms with Gasteiger partial charge in [0.15, 0.2) is 0 Å². The predicted octanol–water partition coefficient (Wildman–Crippen LogP) is 4.34. The van der Waals surface area contributed by atoms with Crippen LogP contribution in [0.2, 0.25) is 0 Å². The molecule has 20 heavy (non-hydrogen) atoms. The molecular weight excluding hydrogens is 246 g/mol. The summed E-state index contributed by atoms with van der Waals surface area (Å²) in [5.41, 5.74) is 3.13.